The molecule has 6 nitrogen and oxygen atoms in total. The van der Waals surface area contributed by atoms with Crippen LogP contribution in [-0.2, 0) is 11.0 Å². The van der Waals surface area contributed by atoms with E-state index in [1.54, 1.807) is 0 Å². The predicted octanol–water partition coefficient (Wildman–Crippen LogP) is 4.18. The van der Waals surface area contributed by atoms with Gasteiger partial charge in [0, 0.05) is 11.6 Å². The van der Waals surface area contributed by atoms with Crippen molar-refractivity contribution in [3.05, 3.63) is 70.7 Å². The highest BCUT2D eigenvalue weighted by molar-refractivity contribution is 8.00. The van der Waals surface area contributed by atoms with Crippen molar-refractivity contribution in [2.75, 3.05) is 5.75 Å². The second-order valence-electron chi connectivity index (χ2n) is 7.19. The molecule has 0 radical (unpaired) electrons. The first-order valence-corrected chi connectivity index (χ1v) is 10.3. The number of alkyl halides is 3. The van der Waals surface area contributed by atoms with Crippen LogP contribution in [0, 0.1) is 13.8 Å². The average Bonchev–Trinajstić information content (AvgIpc) is 3.08. The molecule has 1 aliphatic rings. The first-order valence-electron chi connectivity index (χ1n) is 9.29. The van der Waals surface area contributed by atoms with Crippen molar-refractivity contribution in [1.29, 1.82) is 0 Å². The maximum absolute atomic E-state index is 12.9. The van der Waals surface area contributed by atoms with Crippen molar-refractivity contribution >= 4 is 34.5 Å². The highest BCUT2D eigenvalue weighted by atomic mass is 32.2. The summed E-state index contributed by atoms with van der Waals surface area (Å²) in [7, 11) is 0. The van der Waals surface area contributed by atoms with E-state index >= 15 is 0 Å². The molecule has 2 heterocycles. The number of hydrogen-bond donors (Lipinski definition) is 1. The van der Waals surface area contributed by atoms with E-state index in [1.807, 2.05) is 32.0 Å². The molecule has 0 saturated carbocycles. The molecule has 10 heteroatoms. The number of thioether (sulfide) groups is 1. The van der Waals surface area contributed by atoms with Gasteiger partial charge in [0.05, 0.1) is 16.8 Å². The molecule has 1 aromatic heterocycles. The number of carbonyl (C=O) groups excluding carboxylic acids is 2. The first kappa shape index (κ1) is 21.1. The zero-order valence-corrected chi connectivity index (χ0v) is 17.3. The molecule has 0 bridgehead atoms. The molecule has 1 aliphatic heterocycles. The molecule has 2 aromatic carbocycles. The number of amides is 2. The Kier molecular flexibility index (Phi) is 5.34. The number of aryl methyl sites for hydroxylation is 2. The van der Waals surface area contributed by atoms with Gasteiger partial charge in [-0.25, -0.2) is 15.0 Å². The lowest BCUT2D eigenvalue weighted by Gasteiger charge is -2.25. The molecule has 31 heavy (non-hydrogen) atoms. The molecule has 3 aromatic rings. The fraction of sp³-hybridized carbons (Fsp3) is 0.238. The highest BCUT2D eigenvalue weighted by Gasteiger charge is 2.36. The minimum Gasteiger partial charge on any atom is -0.272 e. The first-order chi connectivity index (χ1) is 14.6. The van der Waals surface area contributed by atoms with Crippen molar-refractivity contribution in [1.82, 2.24) is 20.4 Å². The number of nitrogens with zero attached hydrogens (tertiary/aromatic N) is 3. The zero-order valence-electron chi connectivity index (χ0n) is 16.5. The fourth-order valence-electron chi connectivity index (χ4n) is 3.28. The third-order valence-electron chi connectivity index (χ3n) is 4.90. The van der Waals surface area contributed by atoms with E-state index in [9.17, 15) is 22.8 Å². The topological polar surface area (TPSA) is 75.2 Å². The standard InChI is InChI=1S/C21H17F3N4O2S/c1-11-3-4-12(2)15(7-11)20-28(17(29)10-31-20)27-19(30)18-25-9-13-8-14(21(22,23)24)5-6-16(13)26-18/h3-9,20H,10H2,1-2H3,(H,27,30). The van der Waals surface area contributed by atoms with Crippen LogP contribution in [-0.4, -0.2) is 32.5 Å². The van der Waals surface area contributed by atoms with Crippen molar-refractivity contribution < 1.29 is 22.8 Å². The Hall–Kier alpha value is -3.14. The summed E-state index contributed by atoms with van der Waals surface area (Å²) in [5, 5.41) is 1.02. The Labute approximate surface area is 179 Å². The monoisotopic (exact) mass is 446 g/mol. The molecule has 4 rings (SSSR count). The number of halogens is 3. The van der Waals surface area contributed by atoms with Crippen molar-refractivity contribution in [2.45, 2.75) is 25.4 Å². The largest absolute Gasteiger partial charge is 0.416 e. The Morgan fingerprint density at radius 1 is 1.19 bits per heavy atom. The van der Waals surface area contributed by atoms with Gasteiger partial charge in [-0.15, -0.1) is 11.8 Å². The van der Waals surface area contributed by atoms with E-state index in [2.05, 4.69) is 15.4 Å². The molecule has 1 N–H and O–H groups in total. The second kappa shape index (κ2) is 7.84. The Morgan fingerprint density at radius 2 is 1.97 bits per heavy atom. The summed E-state index contributed by atoms with van der Waals surface area (Å²) in [6, 6.07) is 8.90. The number of hydrogen-bond acceptors (Lipinski definition) is 5. The number of fused-ring (bicyclic) bond motifs is 1. The van der Waals surface area contributed by atoms with Crippen LogP contribution in [0.2, 0.25) is 0 Å². The van der Waals surface area contributed by atoms with E-state index in [0.717, 1.165) is 35.0 Å². The van der Waals surface area contributed by atoms with Gasteiger partial charge < -0.3 is 0 Å². The number of nitrogens with one attached hydrogen (secondary N) is 1. The van der Waals surface area contributed by atoms with E-state index in [1.165, 1.54) is 22.8 Å². The summed E-state index contributed by atoms with van der Waals surface area (Å²) in [5.41, 5.74) is 4.86. The fourth-order valence-corrected chi connectivity index (χ4v) is 4.47. The molecule has 2 amide bonds. The molecule has 0 aliphatic carbocycles. The van der Waals surface area contributed by atoms with Crippen LogP contribution in [0.1, 0.15) is 38.2 Å². The average molecular weight is 446 g/mol. The van der Waals surface area contributed by atoms with Crippen LogP contribution in [0.3, 0.4) is 0 Å². The van der Waals surface area contributed by atoms with E-state index < -0.39 is 23.0 Å². The van der Waals surface area contributed by atoms with Gasteiger partial charge in [0.1, 0.15) is 5.37 Å². The van der Waals surface area contributed by atoms with Crippen molar-refractivity contribution in [3.63, 3.8) is 0 Å². The van der Waals surface area contributed by atoms with Crippen LogP contribution in [0.15, 0.2) is 42.6 Å². The molecule has 0 spiro atoms. The summed E-state index contributed by atoms with van der Waals surface area (Å²) in [6.45, 7) is 3.88. The number of hydrazine groups is 1. The number of carbonyl (C=O) groups is 2. The maximum atomic E-state index is 12.9. The van der Waals surface area contributed by atoms with Gasteiger partial charge in [-0.05, 0) is 43.2 Å². The second-order valence-corrected chi connectivity index (χ2v) is 8.26. The summed E-state index contributed by atoms with van der Waals surface area (Å²) >= 11 is 1.39. The quantitative estimate of drug-likeness (QED) is 0.653. The van der Waals surface area contributed by atoms with Crippen LogP contribution < -0.4 is 5.43 Å². The predicted molar refractivity (Wildman–Crippen MR) is 110 cm³/mol. The Morgan fingerprint density at radius 3 is 2.71 bits per heavy atom. The maximum Gasteiger partial charge on any atom is 0.416 e. The summed E-state index contributed by atoms with van der Waals surface area (Å²) < 4.78 is 38.6. The SMILES string of the molecule is Cc1ccc(C)c(C2SCC(=O)N2NC(=O)c2ncc3cc(C(F)(F)F)ccc3n2)c1. The minimum absolute atomic E-state index is 0.160. The Balaban J connectivity index is 1.59. The minimum atomic E-state index is -4.49. The lowest BCUT2D eigenvalue weighted by molar-refractivity contribution is -0.137. The molecular weight excluding hydrogens is 429 g/mol. The van der Waals surface area contributed by atoms with Crippen LogP contribution in [0.5, 0.6) is 0 Å². The molecule has 1 fully saturated rings. The van der Waals surface area contributed by atoms with E-state index in [4.69, 9.17) is 0 Å². The van der Waals surface area contributed by atoms with Crippen LogP contribution >= 0.6 is 11.8 Å². The number of rotatable bonds is 3. The van der Waals surface area contributed by atoms with Crippen molar-refractivity contribution in [2.24, 2.45) is 0 Å². The molecule has 1 atom stereocenters. The van der Waals surface area contributed by atoms with Gasteiger partial charge in [0.15, 0.2) is 0 Å². The smallest absolute Gasteiger partial charge is 0.272 e. The van der Waals surface area contributed by atoms with Crippen LogP contribution in [0.25, 0.3) is 10.9 Å². The number of benzene rings is 2. The van der Waals surface area contributed by atoms with Gasteiger partial charge in [-0.2, -0.15) is 13.2 Å². The lowest BCUT2D eigenvalue weighted by Crippen LogP contribution is -2.45. The third kappa shape index (κ3) is 4.20. The van der Waals surface area contributed by atoms with Gasteiger partial charge in [-0.1, -0.05) is 23.8 Å². The van der Waals surface area contributed by atoms with E-state index in [0.29, 0.717) is 0 Å². The zero-order chi connectivity index (χ0) is 22.3. The normalized spacial score (nSPS) is 16.7. The van der Waals surface area contributed by atoms with Gasteiger partial charge >= 0.3 is 12.1 Å². The van der Waals surface area contributed by atoms with Crippen molar-refractivity contribution in [3.8, 4) is 0 Å². The van der Waals surface area contributed by atoms with Gasteiger partial charge in [-0.3, -0.25) is 15.0 Å². The van der Waals surface area contributed by atoms with Gasteiger partial charge in [0.25, 0.3) is 5.91 Å². The lowest BCUT2D eigenvalue weighted by atomic mass is 10.1. The van der Waals surface area contributed by atoms with Crippen LogP contribution in [0.4, 0.5) is 13.2 Å². The summed E-state index contributed by atoms with van der Waals surface area (Å²) in [5.74, 6) is -1.01. The van der Waals surface area contributed by atoms with Gasteiger partial charge in [0.2, 0.25) is 5.82 Å². The molecule has 160 valence electrons. The summed E-state index contributed by atoms with van der Waals surface area (Å²) in [4.78, 5) is 33.1. The summed E-state index contributed by atoms with van der Waals surface area (Å²) in [6.07, 6.45) is -3.32. The Bertz CT molecular complexity index is 1200. The number of aromatic nitrogens is 2. The highest BCUT2D eigenvalue weighted by Crippen LogP contribution is 2.39. The molecule has 1 saturated heterocycles. The molecular formula is C21H17F3N4O2S. The van der Waals surface area contributed by atoms with E-state index in [-0.39, 0.29) is 28.4 Å². The molecule has 1 unspecified atom stereocenters. The third-order valence-corrected chi connectivity index (χ3v) is 6.09.